The van der Waals surface area contributed by atoms with Gasteiger partial charge in [0.15, 0.2) is 0 Å². The second-order valence-electron chi connectivity index (χ2n) is 13.6. The van der Waals surface area contributed by atoms with Gasteiger partial charge in [0.25, 0.3) is 0 Å². The zero-order chi connectivity index (χ0) is 27.5. The minimum atomic E-state index is -0.849. The largest absolute Gasteiger partial charge is 0.394 e. The zero-order valence-electron chi connectivity index (χ0n) is 23.7. The lowest BCUT2D eigenvalue weighted by Crippen LogP contribution is -2.60. The Morgan fingerprint density at radius 1 is 1.05 bits per heavy atom. The Hall–Kier alpha value is -1.80. The van der Waals surface area contributed by atoms with E-state index in [-0.39, 0.29) is 40.9 Å². The summed E-state index contributed by atoms with van der Waals surface area (Å²) in [6.45, 7) is 15.6. The van der Waals surface area contributed by atoms with E-state index >= 15 is 0 Å². The molecule has 0 radical (unpaired) electrons. The number of likely N-dealkylation sites (tertiary alicyclic amines) is 1. The lowest BCUT2D eigenvalue weighted by Gasteiger charge is -2.45. The van der Waals surface area contributed by atoms with E-state index in [1.165, 1.54) is 0 Å². The molecule has 0 aromatic carbocycles. The monoisotopic (exact) mass is 531 g/mol. The van der Waals surface area contributed by atoms with Crippen LogP contribution in [0.3, 0.4) is 0 Å². The average Bonchev–Trinajstić information content (AvgIpc) is 3.09. The van der Waals surface area contributed by atoms with Crippen molar-refractivity contribution < 1.29 is 19.5 Å². The second-order valence-corrected chi connectivity index (χ2v) is 15.1. The highest BCUT2D eigenvalue weighted by atomic mass is 32.2. The predicted octanol–water partition coefficient (Wildman–Crippen LogP) is 3.33. The van der Waals surface area contributed by atoms with Crippen LogP contribution in [0.15, 0.2) is 24.3 Å². The SMILES string of the molecule is CC(C)C[C@H](CO)N1C(=O)[C@@H]2[C@@H]3C(=O)N(C)CC=C[C@@H]3S[C@@]23C=CCN(C(C)(C)CC(C)(C)C)C(=O)C13. The first-order valence-corrected chi connectivity index (χ1v) is 14.5. The van der Waals surface area contributed by atoms with E-state index in [1.54, 1.807) is 28.6 Å². The minimum absolute atomic E-state index is 0.00752. The van der Waals surface area contributed by atoms with E-state index in [4.69, 9.17) is 0 Å². The Balaban J connectivity index is 1.86. The van der Waals surface area contributed by atoms with Crippen molar-refractivity contribution in [2.75, 3.05) is 26.7 Å². The zero-order valence-corrected chi connectivity index (χ0v) is 24.5. The standard InChI is InChI=1S/C29H45N3O4S/c1-18(2)15-19(16-33)32-23-26(36)31(28(6,7)17-27(3,4)5)14-10-12-29(23)22(25(32)35)21-20(37-29)11-9-13-30(8)24(21)34/h9-12,18-23,33H,13-17H2,1-8H3/t19-,20+,21-,22+,23?,29+/m1/s1. The molecule has 2 saturated heterocycles. The molecule has 4 rings (SSSR count). The van der Waals surface area contributed by atoms with Crippen LogP contribution < -0.4 is 0 Å². The minimum Gasteiger partial charge on any atom is -0.394 e. The fourth-order valence-corrected chi connectivity index (χ4v) is 9.35. The molecule has 1 spiro atoms. The normalized spacial score (nSPS) is 33.0. The molecule has 1 unspecified atom stereocenters. The van der Waals surface area contributed by atoms with Gasteiger partial charge in [-0.1, -0.05) is 58.9 Å². The highest BCUT2D eigenvalue weighted by Gasteiger charge is 2.72. The van der Waals surface area contributed by atoms with Gasteiger partial charge >= 0.3 is 0 Å². The highest BCUT2D eigenvalue weighted by molar-refractivity contribution is 8.02. The van der Waals surface area contributed by atoms with Gasteiger partial charge in [-0.05, 0) is 38.0 Å². The van der Waals surface area contributed by atoms with Gasteiger partial charge in [0.1, 0.15) is 6.04 Å². The van der Waals surface area contributed by atoms with Crippen molar-refractivity contribution in [3.8, 4) is 0 Å². The number of likely N-dealkylation sites (N-methyl/N-ethyl adjacent to an activating group) is 1. The third-order valence-electron chi connectivity index (χ3n) is 8.34. The maximum atomic E-state index is 14.7. The molecule has 7 nitrogen and oxygen atoms in total. The Bertz CT molecular complexity index is 1000. The Kier molecular flexibility index (Phi) is 7.43. The van der Waals surface area contributed by atoms with E-state index in [2.05, 4.69) is 60.6 Å². The van der Waals surface area contributed by atoms with Crippen molar-refractivity contribution in [2.24, 2.45) is 23.2 Å². The van der Waals surface area contributed by atoms with Crippen LogP contribution in [0, 0.1) is 23.2 Å². The molecular formula is C29H45N3O4S. The van der Waals surface area contributed by atoms with Gasteiger partial charge in [0, 0.05) is 30.9 Å². The number of aliphatic hydroxyl groups is 1. The molecule has 6 atom stereocenters. The molecule has 37 heavy (non-hydrogen) atoms. The number of thioether (sulfide) groups is 1. The maximum absolute atomic E-state index is 14.7. The van der Waals surface area contributed by atoms with Gasteiger partial charge < -0.3 is 19.8 Å². The van der Waals surface area contributed by atoms with E-state index < -0.39 is 34.2 Å². The summed E-state index contributed by atoms with van der Waals surface area (Å²) >= 11 is 1.60. The summed E-state index contributed by atoms with van der Waals surface area (Å²) in [6.07, 6.45) is 9.56. The number of nitrogens with zero attached hydrogens (tertiary/aromatic N) is 3. The van der Waals surface area contributed by atoms with E-state index in [1.807, 2.05) is 17.1 Å². The van der Waals surface area contributed by atoms with Crippen LogP contribution in [0.25, 0.3) is 0 Å². The van der Waals surface area contributed by atoms with Crippen LogP contribution in [-0.4, -0.2) is 91.9 Å². The molecule has 0 aliphatic carbocycles. The van der Waals surface area contributed by atoms with Crippen LogP contribution in [-0.2, 0) is 14.4 Å². The maximum Gasteiger partial charge on any atom is 0.247 e. The first kappa shape index (κ1) is 28.2. The molecule has 1 N–H and O–H groups in total. The number of fused-ring (bicyclic) bond motifs is 2. The first-order chi connectivity index (χ1) is 17.1. The third-order valence-corrected chi connectivity index (χ3v) is 10.1. The number of carbonyl (C=O) groups excluding carboxylic acids is 3. The Labute approximate surface area is 226 Å². The van der Waals surface area contributed by atoms with Crippen LogP contribution in [0.1, 0.15) is 61.3 Å². The molecule has 4 aliphatic heterocycles. The number of rotatable bonds is 6. The second kappa shape index (κ2) is 9.74. The van der Waals surface area contributed by atoms with Crippen molar-refractivity contribution in [2.45, 2.75) is 88.9 Å². The fraction of sp³-hybridized carbons (Fsp3) is 0.759. The number of amides is 3. The van der Waals surface area contributed by atoms with Gasteiger partial charge in [0.2, 0.25) is 17.7 Å². The number of hydrogen-bond acceptors (Lipinski definition) is 5. The predicted molar refractivity (Wildman–Crippen MR) is 148 cm³/mol. The molecule has 0 aromatic rings. The molecule has 3 amide bonds. The summed E-state index contributed by atoms with van der Waals surface area (Å²) in [6, 6.07) is -1.24. The van der Waals surface area contributed by atoms with Gasteiger partial charge in [-0.25, -0.2) is 0 Å². The Morgan fingerprint density at radius 3 is 2.32 bits per heavy atom. The highest BCUT2D eigenvalue weighted by Crippen LogP contribution is 2.61. The molecule has 0 bridgehead atoms. The molecular weight excluding hydrogens is 486 g/mol. The topological polar surface area (TPSA) is 81.2 Å². The third kappa shape index (κ3) is 4.77. The number of aliphatic hydroxyl groups excluding tert-OH is 1. The summed E-state index contributed by atoms with van der Waals surface area (Å²) in [5.74, 6) is -1.23. The van der Waals surface area contributed by atoms with Crippen molar-refractivity contribution in [1.29, 1.82) is 0 Å². The summed E-state index contributed by atoms with van der Waals surface area (Å²) in [7, 11) is 1.78. The van der Waals surface area contributed by atoms with Crippen LogP contribution >= 0.6 is 11.8 Å². The van der Waals surface area contributed by atoms with Crippen molar-refractivity contribution in [1.82, 2.24) is 14.7 Å². The smallest absolute Gasteiger partial charge is 0.247 e. The summed E-state index contributed by atoms with van der Waals surface area (Å²) in [5, 5.41) is 10.3. The van der Waals surface area contributed by atoms with Gasteiger partial charge in [-0.2, -0.15) is 0 Å². The summed E-state index contributed by atoms with van der Waals surface area (Å²) in [5.41, 5.74) is -0.429. The fourth-order valence-electron chi connectivity index (χ4n) is 7.35. The van der Waals surface area contributed by atoms with Gasteiger partial charge in [-0.3, -0.25) is 14.4 Å². The van der Waals surface area contributed by atoms with Gasteiger partial charge in [-0.15, -0.1) is 11.8 Å². The molecule has 8 heteroatoms. The van der Waals surface area contributed by atoms with Gasteiger partial charge in [0.05, 0.1) is 29.2 Å². The molecule has 4 heterocycles. The molecule has 2 fully saturated rings. The molecule has 4 aliphatic rings. The molecule has 206 valence electrons. The molecule has 0 aromatic heterocycles. The van der Waals surface area contributed by atoms with Crippen molar-refractivity contribution in [3.05, 3.63) is 24.3 Å². The lowest BCUT2D eigenvalue weighted by molar-refractivity contribution is -0.149. The van der Waals surface area contributed by atoms with E-state index in [0.29, 0.717) is 19.5 Å². The van der Waals surface area contributed by atoms with Crippen LogP contribution in [0.2, 0.25) is 0 Å². The quantitative estimate of drug-likeness (QED) is 0.532. The molecule has 0 saturated carbocycles. The van der Waals surface area contributed by atoms with Crippen molar-refractivity contribution in [3.63, 3.8) is 0 Å². The van der Waals surface area contributed by atoms with Crippen molar-refractivity contribution >= 4 is 29.5 Å². The van der Waals surface area contributed by atoms with Crippen LogP contribution in [0.5, 0.6) is 0 Å². The van der Waals surface area contributed by atoms with Crippen LogP contribution in [0.4, 0.5) is 0 Å². The average molecular weight is 532 g/mol. The van der Waals surface area contributed by atoms with E-state index in [0.717, 1.165) is 6.42 Å². The first-order valence-electron chi connectivity index (χ1n) is 13.7. The summed E-state index contributed by atoms with van der Waals surface area (Å²) < 4.78 is -0.849. The summed E-state index contributed by atoms with van der Waals surface area (Å²) in [4.78, 5) is 48.0. The van der Waals surface area contributed by atoms with E-state index in [9.17, 15) is 19.5 Å². The lowest BCUT2D eigenvalue weighted by atomic mass is 9.77. The number of carbonyl (C=O) groups is 3. The Morgan fingerprint density at radius 2 is 1.73 bits per heavy atom. The number of hydrogen-bond donors (Lipinski definition) is 1.